The zero-order valence-corrected chi connectivity index (χ0v) is 23.4. The van der Waals surface area contributed by atoms with Gasteiger partial charge in [-0.3, -0.25) is 14.5 Å². The summed E-state index contributed by atoms with van der Waals surface area (Å²) < 4.78 is 0.646. The molecule has 0 saturated heterocycles. The summed E-state index contributed by atoms with van der Waals surface area (Å²) in [5, 5.41) is 21.0. The number of ketones is 1. The van der Waals surface area contributed by atoms with Gasteiger partial charge in [0.1, 0.15) is 0 Å². The van der Waals surface area contributed by atoms with Crippen molar-refractivity contribution in [2.75, 3.05) is 4.90 Å². The van der Waals surface area contributed by atoms with Gasteiger partial charge >= 0.3 is 0 Å². The zero-order chi connectivity index (χ0) is 26.3. The Kier molecular flexibility index (Phi) is 7.37. The average molecular weight is 590 g/mol. The molecule has 188 valence electrons. The summed E-state index contributed by atoms with van der Waals surface area (Å²) >= 11 is 16.3. The van der Waals surface area contributed by atoms with Gasteiger partial charge in [-0.05, 0) is 37.1 Å². The Morgan fingerprint density at radius 1 is 1.08 bits per heavy atom. The lowest BCUT2D eigenvalue weighted by Crippen LogP contribution is -2.31. The lowest BCUT2D eigenvalue weighted by Gasteiger charge is -2.24. The molecular formula is C25H18Cl2N4O3S3. The molecule has 7 nitrogen and oxygen atoms in total. The molecule has 1 amide bonds. The molecule has 1 atom stereocenters. The molecule has 37 heavy (non-hydrogen) atoms. The van der Waals surface area contributed by atoms with Crippen molar-refractivity contribution in [3.05, 3.63) is 96.6 Å². The molecule has 0 aliphatic carbocycles. The highest BCUT2D eigenvalue weighted by Crippen LogP contribution is 2.45. The Balaban J connectivity index is 1.54. The van der Waals surface area contributed by atoms with Gasteiger partial charge in [0.2, 0.25) is 10.9 Å². The molecule has 12 heteroatoms. The summed E-state index contributed by atoms with van der Waals surface area (Å²) in [7, 11) is 0. The van der Waals surface area contributed by atoms with Crippen LogP contribution in [0.25, 0.3) is 0 Å². The van der Waals surface area contributed by atoms with Crippen molar-refractivity contribution >= 4 is 74.5 Å². The van der Waals surface area contributed by atoms with Crippen LogP contribution in [-0.2, 0) is 10.5 Å². The second-order valence-corrected chi connectivity index (χ2v) is 12.3. The van der Waals surface area contributed by atoms with Gasteiger partial charge in [0.05, 0.1) is 37.2 Å². The summed E-state index contributed by atoms with van der Waals surface area (Å²) in [6, 6.07) is 13.8. The van der Waals surface area contributed by atoms with E-state index in [1.807, 2.05) is 30.3 Å². The van der Waals surface area contributed by atoms with Crippen LogP contribution in [0, 0.1) is 13.8 Å². The summed E-state index contributed by atoms with van der Waals surface area (Å²) in [5.74, 6) is -1.18. The van der Waals surface area contributed by atoms with Crippen molar-refractivity contribution in [2.24, 2.45) is 0 Å². The Labute approximate surface area is 234 Å². The number of aliphatic hydroxyl groups is 1. The van der Waals surface area contributed by atoms with Gasteiger partial charge in [-0.25, -0.2) is 4.98 Å². The first-order valence-corrected chi connectivity index (χ1v) is 14.3. The van der Waals surface area contributed by atoms with Crippen molar-refractivity contribution in [3.63, 3.8) is 0 Å². The summed E-state index contributed by atoms with van der Waals surface area (Å²) in [6.45, 7) is 3.51. The number of anilines is 1. The van der Waals surface area contributed by atoms with E-state index in [9.17, 15) is 14.7 Å². The molecule has 2 aromatic carbocycles. The fourth-order valence-electron chi connectivity index (χ4n) is 3.97. The number of Topliss-reactive ketones (excluding diaryl/α,β-unsaturated/α-hetero) is 1. The molecule has 2 aromatic heterocycles. The predicted molar refractivity (Wildman–Crippen MR) is 148 cm³/mol. The topological polar surface area (TPSA) is 96.3 Å². The lowest BCUT2D eigenvalue weighted by atomic mass is 9.95. The number of hydrogen-bond acceptors (Lipinski definition) is 9. The van der Waals surface area contributed by atoms with Crippen molar-refractivity contribution in [2.45, 2.75) is 30.0 Å². The number of carbonyl (C=O) groups excluding carboxylic acids is 2. The smallest absolute Gasteiger partial charge is 0.296 e. The first kappa shape index (κ1) is 25.9. The van der Waals surface area contributed by atoms with Crippen molar-refractivity contribution < 1.29 is 14.7 Å². The maximum Gasteiger partial charge on any atom is 0.296 e. The fourth-order valence-corrected chi connectivity index (χ4v) is 6.98. The van der Waals surface area contributed by atoms with Crippen LogP contribution >= 0.6 is 57.6 Å². The monoisotopic (exact) mass is 588 g/mol. The molecule has 4 aromatic rings. The summed E-state index contributed by atoms with van der Waals surface area (Å²) in [6.07, 6.45) is 0. The largest absolute Gasteiger partial charge is 0.503 e. The normalized spacial score (nSPS) is 15.6. The minimum Gasteiger partial charge on any atom is -0.503 e. The number of thiazole rings is 1. The van der Waals surface area contributed by atoms with Gasteiger partial charge in [0.25, 0.3) is 5.91 Å². The predicted octanol–water partition coefficient (Wildman–Crippen LogP) is 6.99. The van der Waals surface area contributed by atoms with E-state index in [0.29, 0.717) is 36.3 Å². The van der Waals surface area contributed by atoms with Crippen LogP contribution in [0.1, 0.15) is 37.5 Å². The molecule has 0 bridgehead atoms. The summed E-state index contributed by atoms with van der Waals surface area (Å²) in [5.41, 5.74) is 2.09. The van der Waals surface area contributed by atoms with Gasteiger partial charge in [-0.1, -0.05) is 82.7 Å². The molecule has 0 radical (unpaired) electrons. The highest BCUT2D eigenvalue weighted by atomic mass is 35.5. The van der Waals surface area contributed by atoms with E-state index in [4.69, 9.17) is 23.2 Å². The van der Waals surface area contributed by atoms with E-state index in [1.165, 1.54) is 39.3 Å². The van der Waals surface area contributed by atoms with Crippen molar-refractivity contribution in [1.82, 2.24) is 15.2 Å². The van der Waals surface area contributed by atoms with E-state index >= 15 is 0 Å². The number of amides is 1. The first-order chi connectivity index (χ1) is 17.7. The van der Waals surface area contributed by atoms with Crippen LogP contribution in [0.3, 0.4) is 0 Å². The number of aryl methyl sites for hydroxylation is 2. The Bertz CT molecular complexity index is 1550. The standard InChI is InChI=1S/C25H18Cl2N4O3S3/c1-12-22(36-13(2)28-12)20(32)18-19(15-8-9-16(26)17(27)10-15)31(23(34)21(18)33)24-29-30-25(37-24)35-11-14-6-4-3-5-7-14/h3-10,19,33H,11H2,1-2H3. The molecule has 0 saturated carbocycles. The third-order valence-corrected chi connectivity index (χ3v) is 9.57. The van der Waals surface area contributed by atoms with Crippen LogP contribution < -0.4 is 4.90 Å². The number of benzene rings is 2. The second kappa shape index (κ2) is 10.5. The Hall–Kier alpha value is -2.76. The number of carbonyl (C=O) groups is 2. The average Bonchev–Trinajstić information content (AvgIpc) is 3.56. The fraction of sp³-hybridized carbons (Fsp3) is 0.160. The van der Waals surface area contributed by atoms with Gasteiger partial charge < -0.3 is 5.11 Å². The lowest BCUT2D eigenvalue weighted by molar-refractivity contribution is -0.117. The highest BCUT2D eigenvalue weighted by Gasteiger charge is 2.46. The zero-order valence-electron chi connectivity index (χ0n) is 19.4. The molecule has 0 fully saturated rings. The van der Waals surface area contributed by atoms with Gasteiger partial charge in [0, 0.05) is 5.75 Å². The van der Waals surface area contributed by atoms with Gasteiger partial charge in [0.15, 0.2) is 10.1 Å². The third-order valence-electron chi connectivity index (χ3n) is 5.63. The maximum absolute atomic E-state index is 13.7. The second-order valence-electron chi connectivity index (χ2n) is 8.11. The number of hydrogen-bond donors (Lipinski definition) is 1. The van der Waals surface area contributed by atoms with Crippen molar-refractivity contribution in [1.29, 1.82) is 0 Å². The molecule has 1 N–H and O–H groups in total. The van der Waals surface area contributed by atoms with Crippen LogP contribution in [0.15, 0.2) is 64.2 Å². The van der Waals surface area contributed by atoms with Crippen molar-refractivity contribution in [3.8, 4) is 0 Å². The third kappa shape index (κ3) is 5.04. The first-order valence-electron chi connectivity index (χ1n) is 10.9. The van der Waals surface area contributed by atoms with Gasteiger partial charge in [-0.15, -0.1) is 21.5 Å². The molecule has 3 heterocycles. The van der Waals surface area contributed by atoms with E-state index in [2.05, 4.69) is 15.2 Å². The van der Waals surface area contributed by atoms with E-state index < -0.39 is 23.5 Å². The number of aromatic nitrogens is 3. The number of aliphatic hydroxyl groups excluding tert-OH is 1. The number of thioether (sulfide) groups is 1. The van der Waals surface area contributed by atoms with E-state index in [0.717, 1.165) is 5.56 Å². The SMILES string of the molecule is Cc1nc(C)c(C(=O)C2=C(O)C(=O)N(c3nnc(SCc4ccccc4)s3)C2c2ccc(Cl)c(Cl)c2)s1. The molecule has 5 rings (SSSR count). The minimum atomic E-state index is -0.975. The highest BCUT2D eigenvalue weighted by molar-refractivity contribution is 8.00. The van der Waals surface area contributed by atoms with E-state index in [1.54, 1.807) is 32.0 Å². The quantitative estimate of drug-likeness (QED) is 0.141. The molecule has 1 aliphatic rings. The summed E-state index contributed by atoms with van der Waals surface area (Å²) in [4.78, 5) is 33.1. The van der Waals surface area contributed by atoms with Crippen LogP contribution in [0.2, 0.25) is 10.0 Å². The molecule has 1 unspecified atom stereocenters. The van der Waals surface area contributed by atoms with Gasteiger partial charge in [-0.2, -0.15) is 0 Å². The van der Waals surface area contributed by atoms with Crippen LogP contribution in [-0.4, -0.2) is 32.0 Å². The Morgan fingerprint density at radius 2 is 1.84 bits per heavy atom. The van der Waals surface area contributed by atoms with E-state index in [-0.39, 0.29) is 15.7 Å². The van der Waals surface area contributed by atoms with Crippen LogP contribution in [0.4, 0.5) is 5.13 Å². The number of nitrogens with zero attached hydrogens (tertiary/aromatic N) is 4. The number of halogens is 2. The number of rotatable bonds is 7. The molecule has 0 spiro atoms. The molecule has 1 aliphatic heterocycles. The van der Waals surface area contributed by atoms with Crippen LogP contribution in [0.5, 0.6) is 0 Å². The minimum absolute atomic E-state index is 0.0659. The maximum atomic E-state index is 13.7. The Morgan fingerprint density at radius 3 is 2.51 bits per heavy atom. The molecular weight excluding hydrogens is 571 g/mol.